The lowest BCUT2D eigenvalue weighted by molar-refractivity contribution is 0.134. The lowest BCUT2D eigenvalue weighted by Crippen LogP contribution is -2.24. The van der Waals surface area contributed by atoms with E-state index in [9.17, 15) is 10.2 Å². The number of allylic oxidation sites excluding steroid dienone is 4. The zero-order chi connectivity index (χ0) is 23.7. The number of rotatable bonds is 7. The van der Waals surface area contributed by atoms with Gasteiger partial charge in [-0.05, 0) is 46.1 Å². The standard InChI is InChI=1S/C27H32O6/c1-15(2)7-6-8-16(3)9-10-17-20(28)12-24(31-5)25-26(17)32-14-19-18-11-23(30-4)21(29)13-22(18)33-27(19)25/h7,9,11-13,19,27-29H,6,8,10,14H2,1-5H3/b16-9+. The SMILES string of the molecule is COc1cc2c(cc1O)OC1c3c(OC)cc(O)c(C/C=C(\C)CCC=C(C)C)c3OCC21. The van der Waals surface area contributed by atoms with Crippen molar-refractivity contribution in [2.75, 3.05) is 20.8 Å². The van der Waals surface area contributed by atoms with E-state index in [1.807, 2.05) is 0 Å². The summed E-state index contributed by atoms with van der Waals surface area (Å²) in [6.07, 6.45) is 6.56. The van der Waals surface area contributed by atoms with Crippen LogP contribution in [0.25, 0.3) is 0 Å². The molecule has 6 heteroatoms. The fraction of sp³-hybridized carbons (Fsp3) is 0.407. The predicted octanol–water partition coefficient (Wildman–Crippen LogP) is 5.96. The van der Waals surface area contributed by atoms with Crippen LogP contribution in [0.3, 0.4) is 0 Å². The highest BCUT2D eigenvalue weighted by Gasteiger charge is 2.44. The second kappa shape index (κ2) is 9.30. The maximum Gasteiger partial charge on any atom is 0.161 e. The van der Waals surface area contributed by atoms with Crippen LogP contribution in [0.1, 0.15) is 62.3 Å². The average molecular weight is 453 g/mol. The van der Waals surface area contributed by atoms with Crippen molar-refractivity contribution in [3.05, 3.63) is 58.2 Å². The number of methoxy groups -OCH3 is 2. The molecule has 176 valence electrons. The van der Waals surface area contributed by atoms with Gasteiger partial charge < -0.3 is 29.2 Å². The van der Waals surface area contributed by atoms with Crippen LogP contribution >= 0.6 is 0 Å². The van der Waals surface area contributed by atoms with Crippen LogP contribution in [0.15, 0.2) is 41.5 Å². The second-order valence-electron chi connectivity index (χ2n) is 8.91. The number of phenolic OH excluding ortho intramolecular Hbond substituents is 2. The van der Waals surface area contributed by atoms with Gasteiger partial charge in [0, 0.05) is 23.3 Å². The molecule has 33 heavy (non-hydrogen) atoms. The van der Waals surface area contributed by atoms with Gasteiger partial charge in [-0.15, -0.1) is 0 Å². The third-order valence-corrected chi connectivity index (χ3v) is 6.35. The quantitative estimate of drug-likeness (QED) is 0.505. The maximum atomic E-state index is 10.8. The Morgan fingerprint density at radius 1 is 1.03 bits per heavy atom. The highest BCUT2D eigenvalue weighted by Crippen LogP contribution is 2.57. The van der Waals surface area contributed by atoms with Crippen LogP contribution in [0.2, 0.25) is 0 Å². The second-order valence-corrected chi connectivity index (χ2v) is 8.91. The zero-order valence-electron chi connectivity index (χ0n) is 19.9. The summed E-state index contributed by atoms with van der Waals surface area (Å²) in [5.74, 6) is 2.24. The number of phenols is 2. The summed E-state index contributed by atoms with van der Waals surface area (Å²) in [4.78, 5) is 0. The molecule has 0 aromatic heterocycles. The monoisotopic (exact) mass is 452 g/mol. The van der Waals surface area contributed by atoms with Crippen LogP contribution in [0, 0.1) is 0 Å². The van der Waals surface area contributed by atoms with Crippen LogP contribution in [0.5, 0.6) is 34.5 Å². The van der Waals surface area contributed by atoms with Crippen molar-refractivity contribution in [2.24, 2.45) is 0 Å². The highest BCUT2D eigenvalue weighted by molar-refractivity contribution is 5.63. The van der Waals surface area contributed by atoms with Crippen LogP contribution in [0.4, 0.5) is 0 Å². The van der Waals surface area contributed by atoms with Gasteiger partial charge >= 0.3 is 0 Å². The Bertz CT molecular complexity index is 1110. The molecule has 2 heterocycles. The summed E-state index contributed by atoms with van der Waals surface area (Å²) in [5, 5.41) is 21.0. The van der Waals surface area contributed by atoms with Crippen molar-refractivity contribution in [3.8, 4) is 34.5 Å². The lowest BCUT2D eigenvalue weighted by Gasteiger charge is -2.31. The Balaban J connectivity index is 1.68. The molecule has 2 aromatic carbocycles. The van der Waals surface area contributed by atoms with E-state index in [1.54, 1.807) is 25.3 Å². The molecule has 0 aliphatic carbocycles. The van der Waals surface area contributed by atoms with Crippen molar-refractivity contribution in [1.82, 2.24) is 0 Å². The van der Waals surface area contributed by atoms with Gasteiger partial charge in [0.25, 0.3) is 0 Å². The molecule has 2 aliphatic rings. The molecule has 0 bridgehead atoms. The smallest absolute Gasteiger partial charge is 0.161 e. The molecule has 0 saturated heterocycles. The van der Waals surface area contributed by atoms with E-state index < -0.39 is 0 Å². The van der Waals surface area contributed by atoms with Crippen LogP contribution < -0.4 is 18.9 Å². The molecule has 0 fully saturated rings. The minimum absolute atomic E-state index is 0.0307. The Kier molecular flexibility index (Phi) is 6.45. The van der Waals surface area contributed by atoms with E-state index in [-0.39, 0.29) is 23.5 Å². The Labute approximate surface area is 195 Å². The molecule has 0 spiro atoms. The third kappa shape index (κ3) is 4.34. The van der Waals surface area contributed by atoms with E-state index in [0.717, 1.165) is 29.5 Å². The Morgan fingerprint density at radius 3 is 2.48 bits per heavy atom. The molecule has 2 aliphatic heterocycles. The largest absolute Gasteiger partial charge is 0.507 e. The number of ether oxygens (including phenoxy) is 4. The van der Waals surface area contributed by atoms with Crippen LogP contribution in [-0.2, 0) is 6.42 Å². The molecule has 2 atom stereocenters. The fourth-order valence-corrected chi connectivity index (χ4v) is 4.56. The molecule has 0 saturated carbocycles. The van der Waals surface area contributed by atoms with Gasteiger partial charge in [0.15, 0.2) is 11.5 Å². The maximum absolute atomic E-state index is 10.8. The molecule has 6 nitrogen and oxygen atoms in total. The number of fused-ring (bicyclic) bond motifs is 5. The summed E-state index contributed by atoms with van der Waals surface area (Å²) in [5.41, 5.74) is 5.01. The molecular weight excluding hydrogens is 420 g/mol. The summed E-state index contributed by atoms with van der Waals surface area (Å²) in [6, 6.07) is 5.02. The number of aromatic hydroxyl groups is 2. The predicted molar refractivity (Wildman–Crippen MR) is 127 cm³/mol. The minimum atomic E-state index is -0.340. The van der Waals surface area contributed by atoms with E-state index in [1.165, 1.54) is 18.3 Å². The van der Waals surface area contributed by atoms with Gasteiger partial charge in [-0.1, -0.05) is 23.3 Å². The average Bonchev–Trinajstić information content (AvgIpc) is 3.13. The minimum Gasteiger partial charge on any atom is -0.507 e. The molecule has 2 aromatic rings. The van der Waals surface area contributed by atoms with Gasteiger partial charge in [-0.25, -0.2) is 0 Å². The Hall–Kier alpha value is -3.28. The molecule has 2 unspecified atom stereocenters. The van der Waals surface area contributed by atoms with E-state index in [2.05, 4.69) is 32.9 Å². The number of hydrogen-bond donors (Lipinski definition) is 2. The van der Waals surface area contributed by atoms with E-state index >= 15 is 0 Å². The summed E-state index contributed by atoms with van der Waals surface area (Å²) >= 11 is 0. The summed E-state index contributed by atoms with van der Waals surface area (Å²) in [7, 11) is 3.09. The molecule has 0 radical (unpaired) electrons. The number of benzene rings is 2. The Morgan fingerprint density at radius 2 is 1.79 bits per heavy atom. The van der Waals surface area contributed by atoms with Gasteiger partial charge in [0.1, 0.15) is 29.1 Å². The number of hydrogen-bond acceptors (Lipinski definition) is 6. The van der Waals surface area contributed by atoms with E-state index in [4.69, 9.17) is 18.9 Å². The topological polar surface area (TPSA) is 77.4 Å². The van der Waals surface area contributed by atoms with Crippen molar-refractivity contribution >= 4 is 0 Å². The van der Waals surface area contributed by atoms with Gasteiger partial charge in [-0.2, -0.15) is 0 Å². The zero-order valence-corrected chi connectivity index (χ0v) is 19.9. The van der Waals surface area contributed by atoms with Gasteiger partial charge in [0.05, 0.1) is 32.3 Å². The first-order valence-electron chi connectivity index (χ1n) is 11.3. The van der Waals surface area contributed by atoms with Gasteiger partial charge in [-0.3, -0.25) is 0 Å². The highest BCUT2D eigenvalue weighted by atomic mass is 16.5. The molecular formula is C27H32O6. The van der Waals surface area contributed by atoms with Crippen molar-refractivity contribution in [3.63, 3.8) is 0 Å². The third-order valence-electron chi connectivity index (χ3n) is 6.35. The molecule has 2 N–H and O–H groups in total. The van der Waals surface area contributed by atoms with Gasteiger partial charge in [0.2, 0.25) is 0 Å². The van der Waals surface area contributed by atoms with Crippen LogP contribution in [-0.4, -0.2) is 31.0 Å². The normalized spacial score (nSPS) is 18.4. The van der Waals surface area contributed by atoms with Crippen molar-refractivity contribution in [1.29, 1.82) is 0 Å². The molecule has 4 rings (SSSR count). The van der Waals surface area contributed by atoms with Crippen molar-refractivity contribution < 1.29 is 29.2 Å². The summed E-state index contributed by atoms with van der Waals surface area (Å²) in [6.45, 7) is 6.71. The first-order valence-corrected chi connectivity index (χ1v) is 11.3. The van der Waals surface area contributed by atoms with E-state index in [0.29, 0.717) is 36.0 Å². The molecule has 0 amide bonds. The van der Waals surface area contributed by atoms with Crippen molar-refractivity contribution in [2.45, 2.75) is 52.1 Å². The lowest BCUT2D eigenvalue weighted by atomic mass is 9.87. The fourth-order valence-electron chi connectivity index (χ4n) is 4.56. The first-order chi connectivity index (χ1) is 15.8. The first kappa shape index (κ1) is 22.9. The summed E-state index contributed by atoms with van der Waals surface area (Å²) < 4.78 is 23.4.